The lowest BCUT2D eigenvalue weighted by atomic mass is 10.1. The van der Waals surface area contributed by atoms with Gasteiger partial charge in [-0.15, -0.1) is 0 Å². The number of benzene rings is 1. The monoisotopic (exact) mass is 224 g/mol. The summed E-state index contributed by atoms with van der Waals surface area (Å²) in [6.07, 6.45) is 6.90. The molecule has 1 aromatic carbocycles. The van der Waals surface area contributed by atoms with Gasteiger partial charge in [-0.1, -0.05) is 36.4 Å². The van der Waals surface area contributed by atoms with Crippen LogP contribution in [0.4, 0.5) is 0 Å². The van der Waals surface area contributed by atoms with Gasteiger partial charge in [0.15, 0.2) is 0 Å². The molecular formula is C15H16N2. The van der Waals surface area contributed by atoms with Gasteiger partial charge in [-0.3, -0.25) is 9.97 Å². The van der Waals surface area contributed by atoms with Gasteiger partial charge in [0, 0.05) is 6.20 Å². The van der Waals surface area contributed by atoms with Crippen molar-refractivity contribution in [3.05, 3.63) is 65.2 Å². The second kappa shape index (κ2) is 5.39. The minimum atomic E-state index is 0.926. The molecule has 1 aromatic heterocycles. The SMILES string of the molecule is Cc1cnc(C)c(C=CCc2ccccc2)n1. The number of hydrogen-bond acceptors (Lipinski definition) is 2. The highest BCUT2D eigenvalue weighted by atomic mass is 14.8. The van der Waals surface area contributed by atoms with Crippen LogP contribution in [-0.2, 0) is 6.42 Å². The Bertz CT molecular complexity index is 516. The predicted octanol–water partition coefficient (Wildman–Crippen LogP) is 3.35. The Morgan fingerprint density at radius 2 is 1.88 bits per heavy atom. The fourth-order valence-corrected chi connectivity index (χ4v) is 1.63. The van der Waals surface area contributed by atoms with E-state index < -0.39 is 0 Å². The zero-order chi connectivity index (χ0) is 12.1. The van der Waals surface area contributed by atoms with E-state index in [0.29, 0.717) is 0 Å². The van der Waals surface area contributed by atoms with Crippen molar-refractivity contribution in [3.8, 4) is 0 Å². The fraction of sp³-hybridized carbons (Fsp3) is 0.200. The summed E-state index contributed by atoms with van der Waals surface area (Å²) in [5, 5.41) is 0. The first kappa shape index (κ1) is 11.5. The van der Waals surface area contributed by atoms with E-state index in [0.717, 1.165) is 23.5 Å². The van der Waals surface area contributed by atoms with Crippen LogP contribution in [-0.4, -0.2) is 9.97 Å². The van der Waals surface area contributed by atoms with Crippen LogP contribution in [0.2, 0.25) is 0 Å². The molecule has 17 heavy (non-hydrogen) atoms. The topological polar surface area (TPSA) is 25.8 Å². The summed E-state index contributed by atoms with van der Waals surface area (Å²) in [6.45, 7) is 3.94. The summed E-state index contributed by atoms with van der Waals surface area (Å²) in [7, 11) is 0. The minimum absolute atomic E-state index is 0.926. The lowest BCUT2D eigenvalue weighted by molar-refractivity contribution is 1.04. The fourth-order valence-electron chi connectivity index (χ4n) is 1.63. The molecule has 0 saturated heterocycles. The van der Waals surface area contributed by atoms with Crippen molar-refractivity contribution in [2.75, 3.05) is 0 Å². The quantitative estimate of drug-likeness (QED) is 0.799. The lowest BCUT2D eigenvalue weighted by Gasteiger charge is -2.00. The maximum Gasteiger partial charge on any atom is 0.0842 e. The summed E-state index contributed by atoms with van der Waals surface area (Å²) >= 11 is 0. The first-order valence-electron chi connectivity index (χ1n) is 5.76. The minimum Gasteiger partial charge on any atom is -0.257 e. The molecule has 0 radical (unpaired) electrons. The molecule has 1 heterocycles. The molecule has 0 aliphatic carbocycles. The van der Waals surface area contributed by atoms with Crippen LogP contribution in [0.5, 0.6) is 0 Å². The van der Waals surface area contributed by atoms with Gasteiger partial charge in [0.1, 0.15) is 0 Å². The standard InChI is InChI=1S/C15H16N2/c1-12-11-16-13(2)15(17-12)10-6-9-14-7-4-3-5-8-14/h3-8,10-11H,9H2,1-2H3. The maximum atomic E-state index is 4.45. The molecule has 0 spiro atoms. The van der Waals surface area contributed by atoms with Gasteiger partial charge in [0.25, 0.3) is 0 Å². The number of aryl methyl sites for hydroxylation is 2. The molecule has 0 unspecified atom stereocenters. The number of nitrogens with zero attached hydrogens (tertiary/aromatic N) is 2. The van der Waals surface area contributed by atoms with Gasteiger partial charge in [-0.25, -0.2) is 0 Å². The van der Waals surface area contributed by atoms with Gasteiger partial charge in [-0.2, -0.15) is 0 Å². The molecule has 0 bridgehead atoms. The van der Waals surface area contributed by atoms with Crippen LogP contribution < -0.4 is 0 Å². The average molecular weight is 224 g/mol. The van der Waals surface area contributed by atoms with Gasteiger partial charge < -0.3 is 0 Å². The molecule has 2 nitrogen and oxygen atoms in total. The second-order valence-electron chi connectivity index (χ2n) is 4.07. The molecule has 0 saturated carbocycles. The van der Waals surface area contributed by atoms with Gasteiger partial charge in [-0.05, 0) is 31.9 Å². The molecule has 0 atom stereocenters. The van der Waals surface area contributed by atoms with E-state index in [1.54, 1.807) is 6.20 Å². The molecule has 0 aliphatic rings. The van der Waals surface area contributed by atoms with E-state index in [-0.39, 0.29) is 0 Å². The summed E-state index contributed by atoms with van der Waals surface area (Å²) in [6, 6.07) is 10.4. The number of hydrogen-bond donors (Lipinski definition) is 0. The molecule has 2 heteroatoms. The Morgan fingerprint density at radius 3 is 2.65 bits per heavy atom. The maximum absolute atomic E-state index is 4.45. The molecule has 0 aliphatic heterocycles. The number of allylic oxidation sites excluding steroid dienone is 1. The highest BCUT2D eigenvalue weighted by molar-refractivity contribution is 5.47. The summed E-state index contributed by atoms with van der Waals surface area (Å²) in [4.78, 5) is 8.75. The van der Waals surface area contributed by atoms with Crippen molar-refractivity contribution < 1.29 is 0 Å². The van der Waals surface area contributed by atoms with Crippen LogP contribution in [0, 0.1) is 13.8 Å². The van der Waals surface area contributed by atoms with Crippen molar-refractivity contribution in [2.45, 2.75) is 20.3 Å². The van der Waals surface area contributed by atoms with Crippen LogP contribution in [0.3, 0.4) is 0 Å². The zero-order valence-electron chi connectivity index (χ0n) is 10.2. The third kappa shape index (κ3) is 3.25. The Kier molecular flexibility index (Phi) is 3.66. The van der Waals surface area contributed by atoms with E-state index in [4.69, 9.17) is 0 Å². The van der Waals surface area contributed by atoms with Gasteiger partial charge >= 0.3 is 0 Å². The summed E-state index contributed by atoms with van der Waals surface area (Å²) in [5.74, 6) is 0. The van der Waals surface area contributed by atoms with Crippen molar-refractivity contribution >= 4 is 6.08 Å². The van der Waals surface area contributed by atoms with E-state index in [2.05, 4.69) is 40.3 Å². The number of rotatable bonds is 3. The zero-order valence-corrected chi connectivity index (χ0v) is 10.2. The molecule has 86 valence electrons. The van der Waals surface area contributed by atoms with E-state index in [1.165, 1.54) is 5.56 Å². The molecule has 0 amide bonds. The Hall–Kier alpha value is -1.96. The Morgan fingerprint density at radius 1 is 1.12 bits per heavy atom. The number of aromatic nitrogens is 2. The smallest absolute Gasteiger partial charge is 0.0842 e. The first-order chi connectivity index (χ1) is 8.25. The van der Waals surface area contributed by atoms with Crippen LogP contribution in [0.15, 0.2) is 42.6 Å². The molecular weight excluding hydrogens is 208 g/mol. The third-order valence-corrected chi connectivity index (χ3v) is 2.58. The van der Waals surface area contributed by atoms with E-state index in [1.807, 2.05) is 26.0 Å². The van der Waals surface area contributed by atoms with Crippen molar-refractivity contribution in [1.29, 1.82) is 0 Å². The van der Waals surface area contributed by atoms with E-state index in [9.17, 15) is 0 Å². The average Bonchev–Trinajstić information content (AvgIpc) is 2.35. The predicted molar refractivity (Wildman–Crippen MR) is 70.7 cm³/mol. The largest absolute Gasteiger partial charge is 0.257 e. The normalized spacial score (nSPS) is 10.9. The molecule has 0 N–H and O–H groups in total. The second-order valence-corrected chi connectivity index (χ2v) is 4.07. The molecule has 2 rings (SSSR count). The highest BCUT2D eigenvalue weighted by Crippen LogP contribution is 2.06. The van der Waals surface area contributed by atoms with Crippen LogP contribution >= 0.6 is 0 Å². The molecule has 0 fully saturated rings. The van der Waals surface area contributed by atoms with Crippen LogP contribution in [0.1, 0.15) is 22.6 Å². The van der Waals surface area contributed by atoms with Crippen LogP contribution in [0.25, 0.3) is 6.08 Å². The third-order valence-electron chi connectivity index (χ3n) is 2.58. The lowest BCUT2D eigenvalue weighted by Crippen LogP contribution is -1.93. The molecule has 2 aromatic rings. The summed E-state index contributed by atoms with van der Waals surface area (Å²) < 4.78 is 0. The van der Waals surface area contributed by atoms with Crippen molar-refractivity contribution in [1.82, 2.24) is 9.97 Å². The van der Waals surface area contributed by atoms with Gasteiger partial charge in [0.2, 0.25) is 0 Å². The Balaban J connectivity index is 2.08. The summed E-state index contributed by atoms with van der Waals surface area (Å²) in [5.41, 5.74) is 4.19. The first-order valence-corrected chi connectivity index (χ1v) is 5.76. The van der Waals surface area contributed by atoms with Crippen molar-refractivity contribution in [3.63, 3.8) is 0 Å². The van der Waals surface area contributed by atoms with Crippen molar-refractivity contribution in [2.24, 2.45) is 0 Å². The highest BCUT2D eigenvalue weighted by Gasteiger charge is 1.97. The van der Waals surface area contributed by atoms with E-state index >= 15 is 0 Å². The Labute approximate surface area is 102 Å². The van der Waals surface area contributed by atoms with Gasteiger partial charge in [0.05, 0.1) is 17.1 Å².